The summed E-state index contributed by atoms with van der Waals surface area (Å²) in [6.45, 7) is 6.27. The number of hydrogen-bond donors (Lipinski definition) is 1. The zero-order valence-corrected chi connectivity index (χ0v) is 12.3. The van der Waals surface area contributed by atoms with Gasteiger partial charge in [-0.05, 0) is 19.4 Å². The number of hydrogen-bond acceptors (Lipinski definition) is 2. The van der Waals surface area contributed by atoms with Crippen LogP contribution in [0.3, 0.4) is 0 Å². The van der Waals surface area contributed by atoms with Crippen molar-refractivity contribution in [1.29, 1.82) is 0 Å². The smallest absolute Gasteiger partial charge is 0.0834 e. The zero-order valence-electron chi connectivity index (χ0n) is 11.5. The molecule has 3 nitrogen and oxygen atoms in total. The van der Waals surface area contributed by atoms with E-state index in [-0.39, 0.29) is 18.0 Å². The van der Waals surface area contributed by atoms with Crippen LogP contribution >= 0.6 is 11.6 Å². The van der Waals surface area contributed by atoms with Gasteiger partial charge >= 0.3 is 0 Å². The Bertz CT molecular complexity index is 534. The lowest BCUT2D eigenvalue weighted by molar-refractivity contribution is 0.464. The Morgan fingerprint density at radius 3 is 2.37 bits per heavy atom. The predicted molar refractivity (Wildman–Crippen MR) is 79.4 cm³/mol. The monoisotopic (exact) mass is 277 g/mol. The molecule has 1 aromatic carbocycles. The molecule has 2 unspecified atom stereocenters. The molecule has 1 heterocycles. The third-order valence-electron chi connectivity index (χ3n) is 3.46. The average Bonchev–Trinajstić information content (AvgIpc) is 2.80. The molecule has 4 heteroatoms. The molecule has 0 amide bonds. The summed E-state index contributed by atoms with van der Waals surface area (Å²) in [5, 5.41) is 4.96. The Kier molecular flexibility index (Phi) is 4.27. The van der Waals surface area contributed by atoms with Crippen LogP contribution in [-0.4, -0.2) is 9.78 Å². The van der Waals surface area contributed by atoms with E-state index < -0.39 is 0 Å². The second kappa shape index (κ2) is 5.76. The van der Waals surface area contributed by atoms with Gasteiger partial charge in [0.2, 0.25) is 0 Å². The molecule has 0 aliphatic rings. The topological polar surface area (TPSA) is 43.8 Å². The molecule has 0 saturated heterocycles. The molecule has 2 rings (SSSR count). The number of benzene rings is 1. The fourth-order valence-corrected chi connectivity index (χ4v) is 2.53. The van der Waals surface area contributed by atoms with Gasteiger partial charge in [-0.2, -0.15) is 5.10 Å². The summed E-state index contributed by atoms with van der Waals surface area (Å²) in [6.07, 6.45) is 1.68. The maximum absolute atomic E-state index is 6.41. The second-order valence-electron chi connectivity index (χ2n) is 5.14. The van der Waals surface area contributed by atoms with Gasteiger partial charge in [0, 0.05) is 12.0 Å². The summed E-state index contributed by atoms with van der Waals surface area (Å²) in [6, 6.07) is 10.3. The van der Waals surface area contributed by atoms with Gasteiger partial charge in [0.15, 0.2) is 0 Å². The first-order chi connectivity index (χ1) is 9.02. The van der Waals surface area contributed by atoms with E-state index in [9.17, 15) is 0 Å². The molecule has 0 aliphatic carbocycles. The van der Waals surface area contributed by atoms with Gasteiger partial charge in [-0.25, -0.2) is 0 Å². The van der Waals surface area contributed by atoms with E-state index in [0.29, 0.717) is 5.02 Å². The molecule has 102 valence electrons. The summed E-state index contributed by atoms with van der Waals surface area (Å²) < 4.78 is 1.91. The first-order valence-corrected chi connectivity index (χ1v) is 6.93. The van der Waals surface area contributed by atoms with Crippen LogP contribution in [0.25, 0.3) is 0 Å². The molecule has 2 atom stereocenters. The molecular weight excluding hydrogens is 258 g/mol. The number of nitrogens with two attached hydrogens (primary N) is 1. The van der Waals surface area contributed by atoms with Crippen molar-refractivity contribution in [1.82, 2.24) is 9.78 Å². The number of aromatic nitrogens is 2. The molecule has 0 radical (unpaired) electrons. The molecule has 0 fully saturated rings. The lowest BCUT2D eigenvalue weighted by Gasteiger charge is -2.23. The zero-order chi connectivity index (χ0) is 14.0. The number of halogens is 1. The SMILES string of the molecule is CC(c1ccccc1)C(N)c1c(Cl)cnn1C(C)C. The molecule has 0 saturated carbocycles. The number of nitrogens with zero attached hydrogens (tertiary/aromatic N) is 2. The highest BCUT2D eigenvalue weighted by atomic mass is 35.5. The molecule has 0 aliphatic heterocycles. The summed E-state index contributed by atoms with van der Waals surface area (Å²) in [7, 11) is 0. The first-order valence-electron chi connectivity index (χ1n) is 6.55. The maximum Gasteiger partial charge on any atom is 0.0834 e. The summed E-state index contributed by atoms with van der Waals surface area (Å²) in [5.41, 5.74) is 8.53. The Balaban J connectivity index is 2.34. The van der Waals surface area contributed by atoms with Crippen LogP contribution in [0.5, 0.6) is 0 Å². The minimum atomic E-state index is -0.167. The largest absolute Gasteiger partial charge is 0.322 e. The van der Waals surface area contributed by atoms with Crippen LogP contribution in [0.15, 0.2) is 36.5 Å². The van der Waals surface area contributed by atoms with E-state index in [1.807, 2.05) is 22.9 Å². The van der Waals surface area contributed by atoms with E-state index in [0.717, 1.165) is 5.69 Å². The van der Waals surface area contributed by atoms with Crippen molar-refractivity contribution in [3.8, 4) is 0 Å². The van der Waals surface area contributed by atoms with Gasteiger partial charge in [0.1, 0.15) is 0 Å². The molecule has 0 spiro atoms. The van der Waals surface area contributed by atoms with E-state index in [4.69, 9.17) is 17.3 Å². The summed E-state index contributed by atoms with van der Waals surface area (Å²) >= 11 is 6.25. The van der Waals surface area contributed by atoms with Gasteiger partial charge in [-0.15, -0.1) is 0 Å². The fraction of sp³-hybridized carbons (Fsp3) is 0.400. The van der Waals surface area contributed by atoms with Gasteiger partial charge < -0.3 is 5.73 Å². The predicted octanol–water partition coefficient (Wildman–Crippen LogP) is 3.92. The lowest BCUT2D eigenvalue weighted by atomic mass is 9.92. The summed E-state index contributed by atoms with van der Waals surface area (Å²) in [5.74, 6) is 0.188. The molecule has 1 aromatic heterocycles. The van der Waals surface area contributed by atoms with Crippen molar-refractivity contribution in [3.05, 3.63) is 52.8 Å². The van der Waals surface area contributed by atoms with Crippen molar-refractivity contribution in [2.24, 2.45) is 5.73 Å². The normalized spacial score (nSPS) is 14.6. The van der Waals surface area contributed by atoms with Crippen molar-refractivity contribution in [2.75, 3.05) is 0 Å². The van der Waals surface area contributed by atoms with E-state index >= 15 is 0 Å². The maximum atomic E-state index is 6.41. The average molecular weight is 278 g/mol. The Morgan fingerprint density at radius 2 is 1.79 bits per heavy atom. The lowest BCUT2D eigenvalue weighted by Crippen LogP contribution is -2.23. The van der Waals surface area contributed by atoms with E-state index in [1.54, 1.807) is 6.20 Å². The third kappa shape index (κ3) is 2.82. The summed E-state index contributed by atoms with van der Waals surface area (Å²) in [4.78, 5) is 0. The van der Waals surface area contributed by atoms with Crippen LogP contribution in [0, 0.1) is 0 Å². The standard InChI is InChI=1S/C15H20ClN3/c1-10(2)19-15(13(16)9-18-19)14(17)11(3)12-7-5-4-6-8-12/h4-11,14H,17H2,1-3H3. The van der Waals surface area contributed by atoms with Crippen LogP contribution in [0.1, 0.15) is 50.0 Å². The van der Waals surface area contributed by atoms with Crippen LogP contribution in [-0.2, 0) is 0 Å². The van der Waals surface area contributed by atoms with Crippen molar-refractivity contribution in [2.45, 2.75) is 38.8 Å². The van der Waals surface area contributed by atoms with Gasteiger partial charge in [0.25, 0.3) is 0 Å². The Morgan fingerprint density at radius 1 is 1.16 bits per heavy atom. The quantitative estimate of drug-likeness (QED) is 0.920. The Hall–Kier alpha value is -1.32. The molecular formula is C15H20ClN3. The highest BCUT2D eigenvalue weighted by Crippen LogP contribution is 2.33. The molecule has 2 N–H and O–H groups in total. The van der Waals surface area contributed by atoms with Crippen molar-refractivity contribution in [3.63, 3.8) is 0 Å². The minimum Gasteiger partial charge on any atom is -0.322 e. The Labute approximate surface area is 119 Å². The van der Waals surface area contributed by atoms with Crippen molar-refractivity contribution < 1.29 is 0 Å². The van der Waals surface area contributed by atoms with E-state index in [1.165, 1.54) is 5.56 Å². The van der Waals surface area contributed by atoms with Crippen LogP contribution in [0.2, 0.25) is 5.02 Å². The van der Waals surface area contributed by atoms with Crippen LogP contribution in [0.4, 0.5) is 0 Å². The van der Waals surface area contributed by atoms with Gasteiger partial charge in [0.05, 0.1) is 23.0 Å². The molecule has 2 aromatic rings. The fourth-order valence-electron chi connectivity index (χ4n) is 2.27. The number of rotatable bonds is 4. The van der Waals surface area contributed by atoms with Gasteiger partial charge in [-0.3, -0.25) is 4.68 Å². The van der Waals surface area contributed by atoms with Crippen molar-refractivity contribution >= 4 is 11.6 Å². The third-order valence-corrected chi connectivity index (χ3v) is 3.75. The van der Waals surface area contributed by atoms with Crippen LogP contribution < -0.4 is 5.73 Å². The molecule has 19 heavy (non-hydrogen) atoms. The van der Waals surface area contributed by atoms with Gasteiger partial charge in [-0.1, -0.05) is 48.9 Å². The molecule has 0 bridgehead atoms. The van der Waals surface area contributed by atoms with E-state index in [2.05, 4.69) is 38.0 Å². The minimum absolute atomic E-state index is 0.167. The highest BCUT2D eigenvalue weighted by Gasteiger charge is 2.24. The second-order valence-corrected chi connectivity index (χ2v) is 5.55. The highest BCUT2D eigenvalue weighted by molar-refractivity contribution is 6.31. The first kappa shape index (κ1) is 14.1.